The predicted octanol–water partition coefficient (Wildman–Crippen LogP) is -2.53. The molecule has 0 unspecified atom stereocenters. The fraction of sp³-hybridized carbons (Fsp3) is 0. The van der Waals surface area contributed by atoms with Gasteiger partial charge in [0.1, 0.15) is 0 Å². The van der Waals surface area contributed by atoms with Gasteiger partial charge >= 0.3 is 77.1 Å². The van der Waals surface area contributed by atoms with Crippen LogP contribution in [0.5, 0.6) is 0 Å². The Morgan fingerprint density at radius 2 is 1.67 bits per heavy atom. The number of carboxylic acid groups (broad SMARTS) is 1. The maximum absolute atomic E-state index is 9.00. The summed E-state index contributed by atoms with van der Waals surface area (Å²) in [5.74, 6) is 0. The summed E-state index contributed by atoms with van der Waals surface area (Å²) in [4.78, 5) is 9.00. The van der Waals surface area contributed by atoms with Gasteiger partial charge in [-0.1, -0.05) is 0 Å². The van der Waals surface area contributed by atoms with Crippen LogP contribution in [0.1, 0.15) is 0 Å². The SMILES string of the molecule is O=C(O)[AsH].[GaH3].[InH2]. The molecular formula is CH7AsGaInO2. The van der Waals surface area contributed by atoms with Gasteiger partial charge in [0, 0.05) is 0 Å². The Morgan fingerprint density at radius 3 is 1.67 bits per heavy atom. The van der Waals surface area contributed by atoms with E-state index in [9.17, 15) is 0 Å². The molecule has 1 N–H and O–H groups in total. The molecular weight excluding hydrogens is 303 g/mol. The number of carbonyl (C=O) groups is 1. The summed E-state index contributed by atoms with van der Waals surface area (Å²) in [6.07, 6.45) is 0. The molecule has 0 rings (SSSR count). The quantitative estimate of drug-likeness (QED) is 0.501. The van der Waals surface area contributed by atoms with Gasteiger partial charge < -0.3 is 0 Å². The van der Waals surface area contributed by atoms with E-state index in [2.05, 4.69) is 0 Å². The average molecular weight is 311 g/mol. The maximum atomic E-state index is 9.00. The second-order valence-electron chi connectivity index (χ2n) is 0.305. The average Bonchev–Trinajstić information content (AvgIpc) is 0.811. The van der Waals surface area contributed by atoms with Crippen molar-refractivity contribution in [2.24, 2.45) is 0 Å². The van der Waals surface area contributed by atoms with Gasteiger partial charge in [-0.05, 0) is 0 Å². The summed E-state index contributed by atoms with van der Waals surface area (Å²) in [5.41, 5.74) is 0. The van der Waals surface area contributed by atoms with Crippen LogP contribution in [0.3, 0.4) is 0 Å². The van der Waals surface area contributed by atoms with Gasteiger partial charge in [0.25, 0.3) is 0 Å². The molecule has 0 heterocycles. The van der Waals surface area contributed by atoms with Crippen molar-refractivity contribution in [2.75, 3.05) is 0 Å². The van der Waals surface area contributed by atoms with Crippen LogP contribution >= 0.6 is 0 Å². The first-order chi connectivity index (χ1) is 1.73. The van der Waals surface area contributed by atoms with Crippen molar-refractivity contribution in [2.45, 2.75) is 0 Å². The van der Waals surface area contributed by atoms with Crippen LogP contribution in [0.15, 0.2) is 0 Å². The molecule has 0 aliphatic rings. The first-order valence-electron chi connectivity index (χ1n) is 0.678. The summed E-state index contributed by atoms with van der Waals surface area (Å²) < 4.78 is -0.833. The van der Waals surface area contributed by atoms with Crippen LogP contribution < -0.4 is 0 Å². The van der Waals surface area contributed by atoms with Gasteiger partial charge in [-0.3, -0.25) is 0 Å². The van der Waals surface area contributed by atoms with E-state index < -0.39 is 4.76 Å². The van der Waals surface area contributed by atoms with Crippen LogP contribution in [0.25, 0.3) is 0 Å². The monoisotopic (exact) mass is 310 g/mol. The summed E-state index contributed by atoms with van der Waals surface area (Å²) in [5, 5.41) is 7.42. The van der Waals surface area contributed by atoms with Crippen LogP contribution in [0.4, 0.5) is 4.79 Å². The van der Waals surface area contributed by atoms with E-state index >= 15 is 0 Å². The predicted molar refractivity (Wildman–Crippen MR) is 33.7 cm³/mol. The fourth-order valence-electron chi connectivity index (χ4n) is 0. The summed E-state index contributed by atoms with van der Waals surface area (Å²) >= 11 is 1.08. The Morgan fingerprint density at radius 1 is 1.67 bits per heavy atom. The van der Waals surface area contributed by atoms with Crippen molar-refractivity contribution < 1.29 is 9.90 Å². The standard InChI is InChI=1S/CH2AsO2.Ga.In.5H/c2-1(3)4;;;;;;;/h2H,(H,3,4);;;;;;;. The van der Waals surface area contributed by atoms with Gasteiger partial charge in [-0.25, -0.2) is 0 Å². The number of hydrogen-bond donors (Lipinski definition) is 1. The zero-order chi connectivity index (χ0) is 3.58. The Kier molecular flexibility index (Phi) is 25.4. The summed E-state index contributed by atoms with van der Waals surface area (Å²) in [6.45, 7) is 0. The van der Waals surface area contributed by atoms with Crippen LogP contribution in [-0.4, -0.2) is 72.4 Å². The molecule has 34 valence electrons. The summed E-state index contributed by atoms with van der Waals surface area (Å²) in [7, 11) is 0. The first-order valence-corrected chi connectivity index (χ1v) is 1.73. The van der Waals surface area contributed by atoms with Crippen molar-refractivity contribution in [1.82, 2.24) is 0 Å². The molecule has 0 amide bonds. The topological polar surface area (TPSA) is 37.3 Å². The number of hydrogen-bond acceptors (Lipinski definition) is 1. The van der Waals surface area contributed by atoms with Gasteiger partial charge in [0.05, 0.1) is 0 Å². The minimum absolute atomic E-state index is 0. The van der Waals surface area contributed by atoms with Gasteiger partial charge in [-0.2, -0.15) is 0 Å². The second kappa shape index (κ2) is 9.73. The second-order valence-corrected chi connectivity index (χ2v) is 1.20. The fourth-order valence-corrected chi connectivity index (χ4v) is 0. The van der Waals surface area contributed by atoms with E-state index in [1.165, 1.54) is 0 Å². The third-order valence-electron chi connectivity index (χ3n) is 0. The molecule has 0 aliphatic carbocycles. The summed E-state index contributed by atoms with van der Waals surface area (Å²) in [6, 6.07) is 0. The van der Waals surface area contributed by atoms with E-state index in [0.717, 1.165) is 16.9 Å². The molecule has 0 saturated heterocycles. The third kappa shape index (κ3) is 48.3. The molecule has 5 heteroatoms. The van der Waals surface area contributed by atoms with Crippen molar-refractivity contribution in [3.8, 4) is 0 Å². The van der Waals surface area contributed by atoms with E-state index in [-0.39, 0.29) is 45.6 Å². The van der Waals surface area contributed by atoms with Crippen molar-refractivity contribution in [3.63, 3.8) is 0 Å². The van der Waals surface area contributed by atoms with E-state index in [4.69, 9.17) is 9.90 Å². The minimum atomic E-state index is -0.833. The Balaban J connectivity index is -0.0000000450. The molecule has 0 aromatic rings. The Bertz CT molecular complexity index is 36.5. The van der Waals surface area contributed by atoms with Gasteiger partial charge in [0.2, 0.25) is 0 Å². The van der Waals surface area contributed by atoms with Crippen molar-refractivity contribution in [1.29, 1.82) is 0 Å². The molecule has 2 nitrogen and oxygen atoms in total. The van der Waals surface area contributed by atoms with Gasteiger partial charge in [0.15, 0.2) is 0 Å². The van der Waals surface area contributed by atoms with Gasteiger partial charge in [-0.15, -0.1) is 0 Å². The van der Waals surface area contributed by atoms with Crippen LogP contribution in [0.2, 0.25) is 0 Å². The number of rotatable bonds is 0. The molecule has 0 saturated carbocycles. The molecule has 0 bridgehead atoms. The third-order valence-corrected chi connectivity index (χ3v) is 0. The molecule has 0 atom stereocenters. The normalized spacial score (nSPS) is 4.17. The van der Waals surface area contributed by atoms with Crippen LogP contribution in [0, 0.1) is 0 Å². The molecule has 0 fully saturated rings. The van der Waals surface area contributed by atoms with Crippen molar-refractivity contribution in [3.05, 3.63) is 0 Å². The Hall–Kier alpha value is 1.53. The molecule has 0 spiro atoms. The zero-order valence-electron chi connectivity index (χ0n) is 2.86. The zero-order valence-corrected chi connectivity index (χ0v) is 10.7. The molecule has 0 aromatic carbocycles. The van der Waals surface area contributed by atoms with E-state index in [0.29, 0.717) is 0 Å². The molecule has 0 aromatic heterocycles. The Labute approximate surface area is 76.4 Å². The molecule has 0 aliphatic heterocycles. The van der Waals surface area contributed by atoms with E-state index in [1.54, 1.807) is 0 Å². The first kappa shape index (κ1) is 15.6. The molecule has 2 radical (unpaired) electrons. The van der Waals surface area contributed by atoms with Crippen LogP contribution in [-0.2, 0) is 0 Å². The van der Waals surface area contributed by atoms with E-state index in [1.807, 2.05) is 0 Å². The van der Waals surface area contributed by atoms with Crippen molar-refractivity contribution >= 4 is 67.2 Å². The molecule has 6 heavy (non-hydrogen) atoms.